The van der Waals surface area contributed by atoms with E-state index in [2.05, 4.69) is 15.9 Å². The fraction of sp³-hybridized carbons (Fsp3) is 0.143. The molecule has 0 heterocycles. The predicted molar refractivity (Wildman–Crippen MR) is 86.1 cm³/mol. The molecule has 0 radical (unpaired) electrons. The molecule has 7 heteroatoms. The summed E-state index contributed by atoms with van der Waals surface area (Å²) in [4.78, 5) is 10.6. The van der Waals surface area contributed by atoms with Crippen LogP contribution in [-0.2, 0) is 12.5 Å². The minimum atomic E-state index is -0.461. The van der Waals surface area contributed by atoms with Crippen molar-refractivity contribution in [2.75, 3.05) is 0 Å². The second kappa shape index (κ2) is 7.11. The van der Waals surface area contributed by atoms with E-state index in [0.717, 1.165) is 10.0 Å². The average Bonchev–Trinajstić information content (AvgIpc) is 2.45. The van der Waals surface area contributed by atoms with E-state index in [1.54, 1.807) is 0 Å². The molecule has 0 atom stereocenters. The zero-order valence-corrected chi connectivity index (χ0v) is 13.8. The van der Waals surface area contributed by atoms with Gasteiger partial charge >= 0.3 is 0 Å². The van der Waals surface area contributed by atoms with E-state index < -0.39 is 4.92 Å². The van der Waals surface area contributed by atoms with Crippen molar-refractivity contribution in [2.24, 2.45) is 0 Å². The number of para-hydroxylation sites is 1. The number of nitro groups is 1. The van der Waals surface area contributed by atoms with Gasteiger partial charge in [-0.3, -0.25) is 10.1 Å². The number of hydrogen-bond acceptors (Lipinski definition) is 3. The van der Waals surface area contributed by atoms with Crippen LogP contribution in [0.1, 0.15) is 11.1 Å². The highest BCUT2D eigenvalue weighted by molar-refractivity contribution is 9.10. The van der Waals surface area contributed by atoms with Crippen LogP contribution in [0.15, 0.2) is 40.9 Å². The van der Waals surface area contributed by atoms with Gasteiger partial charge < -0.3 is 4.74 Å². The fourth-order valence-corrected chi connectivity index (χ4v) is 2.74. The molecule has 0 saturated carbocycles. The van der Waals surface area contributed by atoms with Crippen molar-refractivity contribution in [1.82, 2.24) is 0 Å². The molecule has 0 fully saturated rings. The quantitative estimate of drug-likeness (QED) is 0.394. The smallest absolute Gasteiger partial charge is 0.276 e. The first-order chi connectivity index (χ1) is 10.0. The summed E-state index contributed by atoms with van der Waals surface area (Å²) in [7, 11) is 0. The van der Waals surface area contributed by atoms with E-state index in [1.807, 2.05) is 18.2 Å². The Bertz CT molecular complexity index is 679. The second-order valence-corrected chi connectivity index (χ2v) is 5.74. The number of nitrogens with zero attached hydrogens (tertiary/aromatic N) is 1. The summed E-state index contributed by atoms with van der Waals surface area (Å²) < 4.78 is 6.44. The molecule has 0 amide bonds. The molecular formula is C14H10BrCl2NO3. The van der Waals surface area contributed by atoms with Gasteiger partial charge in [0.1, 0.15) is 12.4 Å². The van der Waals surface area contributed by atoms with Crippen LogP contribution in [0.25, 0.3) is 0 Å². The molecule has 0 unspecified atom stereocenters. The lowest BCUT2D eigenvalue weighted by atomic mass is 10.2. The summed E-state index contributed by atoms with van der Waals surface area (Å²) in [5.41, 5.74) is 1.18. The van der Waals surface area contributed by atoms with Crippen LogP contribution >= 0.6 is 39.1 Å². The van der Waals surface area contributed by atoms with Gasteiger partial charge in [0.05, 0.1) is 20.8 Å². The molecule has 0 bridgehead atoms. The minimum Gasteiger partial charge on any atom is -0.487 e. The van der Waals surface area contributed by atoms with Crippen LogP contribution in [0.5, 0.6) is 5.75 Å². The van der Waals surface area contributed by atoms with Crippen molar-refractivity contribution < 1.29 is 9.66 Å². The first kappa shape index (κ1) is 16.1. The van der Waals surface area contributed by atoms with Gasteiger partial charge in [-0.1, -0.05) is 23.7 Å². The number of halogens is 3. The number of nitro benzene ring substituents is 1. The number of benzene rings is 2. The van der Waals surface area contributed by atoms with E-state index in [1.165, 1.54) is 18.2 Å². The molecule has 0 aliphatic heterocycles. The molecule has 0 aliphatic carbocycles. The van der Waals surface area contributed by atoms with Gasteiger partial charge in [0, 0.05) is 16.7 Å². The second-order valence-electron chi connectivity index (χ2n) is 4.18. The Morgan fingerprint density at radius 2 is 2.00 bits per heavy atom. The van der Waals surface area contributed by atoms with Crippen molar-refractivity contribution in [2.45, 2.75) is 12.5 Å². The van der Waals surface area contributed by atoms with Crippen molar-refractivity contribution in [1.29, 1.82) is 0 Å². The number of rotatable bonds is 5. The Hall–Kier alpha value is -1.30. The largest absolute Gasteiger partial charge is 0.487 e. The highest BCUT2D eigenvalue weighted by Crippen LogP contribution is 2.32. The van der Waals surface area contributed by atoms with Crippen LogP contribution in [-0.4, -0.2) is 4.92 Å². The number of hydrogen-bond donors (Lipinski definition) is 0. The van der Waals surface area contributed by atoms with Gasteiger partial charge in [0.25, 0.3) is 5.69 Å². The Kier molecular flexibility index (Phi) is 5.45. The summed E-state index contributed by atoms with van der Waals surface area (Å²) in [6, 6.07) is 9.86. The SMILES string of the molecule is O=[N+]([O-])c1ccc(Cl)cc1COc1c(Br)cccc1CCl. The van der Waals surface area contributed by atoms with E-state index in [0.29, 0.717) is 16.3 Å². The van der Waals surface area contributed by atoms with Gasteiger partial charge in [-0.2, -0.15) is 0 Å². The fourth-order valence-electron chi connectivity index (χ4n) is 1.82. The topological polar surface area (TPSA) is 52.4 Å². The highest BCUT2D eigenvalue weighted by atomic mass is 79.9. The molecule has 21 heavy (non-hydrogen) atoms. The Morgan fingerprint density at radius 1 is 1.24 bits per heavy atom. The average molecular weight is 391 g/mol. The van der Waals surface area contributed by atoms with Crippen LogP contribution in [0.4, 0.5) is 5.69 Å². The van der Waals surface area contributed by atoms with Crippen molar-refractivity contribution >= 4 is 44.8 Å². The van der Waals surface area contributed by atoms with Crippen LogP contribution in [0.2, 0.25) is 5.02 Å². The van der Waals surface area contributed by atoms with Crippen molar-refractivity contribution in [3.63, 3.8) is 0 Å². The predicted octanol–water partition coefficient (Wildman–Crippen LogP) is 5.33. The van der Waals surface area contributed by atoms with Gasteiger partial charge in [-0.05, 0) is 34.1 Å². The molecule has 110 valence electrons. The summed E-state index contributed by atoms with van der Waals surface area (Å²) in [6.07, 6.45) is 0. The summed E-state index contributed by atoms with van der Waals surface area (Å²) in [5.74, 6) is 0.855. The molecule has 0 spiro atoms. The maximum atomic E-state index is 11.0. The first-order valence-electron chi connectivity index (χ1n) is 5.92. The summed E-state index contributed by atoms with van der Waals surface area (Å²) >= 11 is 15.1. The summed E-state index contributed by atoms with van der Waals surface area (Å²) in [5, 5.41) is 11.4. The van der Waals surface area contributed by atoms with E-state index >= 15 is 0 Å². The standard InChI is InChI=1S/C14H10BrCl2NO3/c15-12-3-1-2-9(7-16)14(12)21-8-10-6-11(17)4-5-13(10)18(19)20/h1-6H,7-8H2. The molecule has 0 saturated heterocycles. The minimum absolute atomic E-state index is 0.0288. The third-order valence-electron chi connectivity index (χ3n) is 2.80. The van der Waals surface area contributed by atoms with Crippen molar-refractivity contribution in [3.8, 4) is 5.75 Å². The third-order valence-corrected chi connectivity index (χ3v) is 3.95. The lowest BCUT2D eigenvalue weighted by Crippen LogP contribution is -2.02. The lowest BCUT2D eigenvalue weighted by Gasteiger charge is -2.12. The number of ether oxygens (including phenoxy) is 1. The maximum Gasteiger partial charge on any atom is 0.276 e. The Balaban J connectivity index is 2.28. The zero-order valence-electron chi connectivity index (χ0n) is 10.7. The van der Waals surface area contributed by atoms with E-state index in [-0.39, 0.29) is 18.2 Å². The summed E-state index contributed by atoms with van der Waals surface area (Å²) in [6.45, 7) is 0.0311. The Morgan fingerprint density at radius 3 is 2.67 bits per heavy atom. The lowest BCUT2D eigenvalue weighted by molar-refractivity contribution is -0.385. The number of alkyl halides is 1. The van der Waals surface area contributed by atoms with Gasteiger partial charge in [0.2, 0.25) is 0 Å². The van der Waals surface area contributed by atoms with Gasteiger partial charge in [0.15, 0.2) is 0 Å². The third kappa shape index (κ3) is 3.87. The molecule has 2 aromatic rings. The zero-order chi connectivity index (χ0) is 15.4. The molecular weight excluding hydrogens is 381 g/mol. The monoisotopic (exact) mass is 389 g/mol. The van der Waals surface area contributed by atoms with Crippen LogP contribution in [0, 0.1) is 10.1 Å². The highest BCUT2D eigenvalue weighted by Gasteiger charge is 2.16. The first-order valence-corrected chi connectivity index (χ1v) is 7.62. The van der Waals surface area contributed by atoms with Crippen LogP contribution in [0.3, 0.4) is 0 Å². The Labute approximate surface area is 139 Å². The van der Waals surface area contributed by atoms with E-state index in [9.17, 15) is 10.1 Å². The maximum absolute atomic E-state index is 11.0. The molecule has 4 nitrogen and oxygen atoms in total. The normalized spacial score (nSPS) is 10.4. The van der Waals surface area contributed by atoms with E-state index in [4.69, 9.17) is 27.9 Å². The van der Waals surface area contributed by atoms with Gasteiger partial charge in [-0.25, -0.2) is 0 Å². The molecule has 0 N–H and O–H groups in total. The van der Waals surface area contributed by atoms with Crippen molar-refractivity contribution in [3.05, 3.63) is 67.1 Å². The molecule has 2 rings (SSSR count). The molecule has 2 aromatic carbocycles. The molecule has 0 aromatic heterocycles. The molecule has 0 aliphatic rings. The van der Waals surface area contributed by atoms with Gasteiger partial charge in [-0.15, -0.1) is 11.6 Å². The van der Waals surface area contributed by atoms with Crippen LogP contribution < -0.4 is 4.74 Å².